The second-order valence-corrected chi connectivity index (χ2v) is 6.51. The first-order valence-electron chi connectivity index (χ1n) is 8.97. The number of methoxy groups -OCH3 is 2. The minimum absolute atomic E-state index is 0.557. The Morgan fingerprint density at radius 2 is 1.85 bits per heavy atom. The molecular formula is C21H22N4O2. The van der Waals surface area contributed by atoms with Crippen LogP contribution in [0.2, 0.25) is 0 Å². The molecular weight excluding hydrogens is 340 g/mol. The van der Waals surface area contributed by atoms with Crippen LogP contribution in [0, 0.1) is 0 Å². The molecule has 0 saturated carbocycles. The minimum Gasteiger partial charge on any atom is -0.481 e. The topological polar surface area (TPSA) is 60.4 Å². The first-order chi connectivity index (χ1) is 13.3. The zero-order valence-corrected chi connectivity index (χ0v) is 15.6. The quantitative estimate of drug-likeness (QED) is 0.695. The number of aromatic nitrogens is 3. The lowest BCUT2D eigenvalue weighted by Crippen LogP contribution is -2.31. The maximum atomic E-state index is 5.42. The van der Waals surface area contributed by atoms with Crippen LogP contribution >= 0.6 is 0 Å². The molecule has 3 aromatic rings. The summed E-state index contributed by atoms with van der Waals surface area (Å²) < 4.78 is 10.6. The van der Waals surface area contributed by atoms with E-state index in [1.807, 2.05) is 48.7 Å². The van der Waals surface area contributed by atoms with Crippen LogP contribution in [0.25, 0.3) is 11.4 Å². The molecule has 1 aliphatic heterocycles. The van der Waals surface area contributed by atoms with Crippen molar-refractivity contribution in [2.75, 3.05) is 20.8 Å². The van der Waals surface area contributed by atoms with Gasteiger partial charge in [0.15, 0.2) is 5.82 Å². The van der Waals surface area contributed by atoms with Gasteiger partial charge in [0.1, 0.15) is 0 Å². The third kappa shape index (κ3) is 3.75. The highest BCUT2D eigenvalue weighted by atomic mass is 16.5. The van der Waals surface area contributed by atoms with Crippen molar-refractivity contribution in [2.24, 2.45) is 0 Å². The predicted octanol–water partition coefficient (Wildman–Crippen LogP) is 3.11. The lowest BCUT2D eigenvalue weighted by molar-refractivity contribution is 0.237. The van der Waals surface area contributed by atoms with E-state index in [-0.39, 0.29) is 0 Å². The van der Waals surface area contributed by atoms with Gasteiger partial charge in [0, 0.05) is 55.0 Å². The third-order valence-electron chi connectivity index (χ3n) is 4.75. The van der Waals surface area contributed by atoms with Crippen molar-refractivity contribution in [1.82, 2.24) is 19.9 Å². The molecule has 0 atom stereocenters. The van der Waals surface area contributed by atoms with E-state index in [1.165, 1.54) is 5.56 Å². The van der Waals surface area contributed by atoms with Gasteiger partial charge in [-0.3, -0.25) is 4.90 Å². The second-order valence-electron chi connectivity index (χ2n) is 6.51. The van der Waals surface area contributed by atoms with Gasteiger partial charge in [0.25, 0.3) is 0 Å². The first-order valence-corrected chi connectivity index (χ1v) is 8.97. The Balaban J connectivity index is 1.51. The van der Waals surface area contributed by atoms with Gasteiger partial charge in [0.2, 0.25) is 11.8 Å². The van der Waals surface area contributed by atoms with E-state index in [1.54, 1.807) is 14.2 Å². The van der Waals surface area contributed by atoms with Gasteiger partial charge < -0.3 is 9.47 Å². The zero-order valence-electron chi connectivity index (χ0n) is 15.6. The van der Waals surface area contributed by atoms with E-state index < -0.39 is 0 Å². The van der Waals surface area contributed by atoms with Gasteiger partial charge in [-0.15, -0.1) is 0 Å². The lowest BCUT2D eigenvalue weighted by atomic mass is 10.1. The number of pyridine rings is 1. The summed E-state index contributed by atoms with van der Waals surface area (Å²) in [6.45, 7) is 2.52. The molecule has 1 aliphatic rings. The van der Waals surface area contributed by atoms with Crippen LogP contribution < -0.4 is 9.47 Å². The van der Waals surface area contributed by atoms with Crippen LogP contribution in [0.1, 0.15) is 16.8 Å². The van der Waals surface area contributed by atoms with Crippen molar-refractivity contribution in [3.05, 3.63) is 65.5 Å². The van der Waals surface area contributed by atoms with Crippen LogP contribution in [-0.4, -0.2) is 40.6 Å². The molecule has 0 saturated heterocycles. The van der Waals surface area contributed by atoms with Gasteiger partial charge in [-0.1, -0.05) is 30.3 Å². The number of hydrogen-bond acceptors (Lipinski definition) is 6. The predicted molar refractivity (Wildman–Crippen MR) is 103 cm³/mol. The van der Waals surface area contributed by atoms with Crippen molar-refractivity contribution >= 4 is 0 Å². The van der Waals surface area contributed by atoms with Crippen molar-refractivity contribution in [2.45, 2.75) is 19.5 Å². The molecule has 0 aliphatic carbocycles. The van der Waals surface area contributed by atoms with Gasteiger partial charge in [-0.25, -0.2) is 9.97 Å². The molecule has 0 bridgehead atoms. The molecule has 6 nitrogen and oxygen atoms in total. The average molecular weight is 362 g/mol. The second kappa shape index (κ2) is 7.72. The summed E-state index contributed by atoms with van der Waals surface area (Å²) in [5, 5.41) is 0. The Hall–Kier alpha value is -2.99. The fraction of sp³-hybridized carbons (Fsp3) is 0.286. The average Bonchev–Trinajstić information content (AvgIpc) is 2.74. The molecule has 0 fully saturated rings. The van der Waals surface area contributed by atoms with E-state index in [9.17, 15) is 0 Å². The summed E-state index contributed by atoms with van der Waals surface area (Å²) in [5.74, 6) is 1.96. The van der Waals surface area contributed by atoms with Gasteiger partial charge >= 0.3 is 0 Å². The van der Waals surface area contributed by atoms with E-state index in [2.05, 4.69) is 14.9 Å². The van der Waals surface area contributed by atoms with Crippen molar-refractivity contribution in [3.8, 4) is 23.1 Å². The molecule has 2 aromatic heterocycles. The van der Waals surface area contributed by atoms with E-state index in [0.29, 0.717) is 11.8 Å². The third-order valence-corrected chi connectivity index (χ3v) is 4.75. The van der Waals surface area contributed by atoms with E-state index in [0.717, 1.165) is 48.7 Å². The number of ether oxygens (including phenoxy) is 2. The fourth-order valence-corrected chi connectivity index (χ4v) is 3.34. The summed E-state index contributed by atoms with van der Waals surface area (Å²) in [6.07, 6.45) is 2.86. The number of fused-ring (bicyclic) bond motifs is 1. The smallest absolute Gasteiger partial charge is 0.220 e. The normalized spacial score (nSPS) is 13.9. The maximum absolute atomic E-state index is 5.42. The number of rotatable bonds is 5. The minimum atomic E-state index is 0.557. The zero-order chi connectivity index (χ0) is 18.6. The van der Waals surface area contributed by atoms with Gasteiger partial charge in [-0.2, -0.15) is 4.98 Å². The maximum Gasteiger partial charge on any atom is 0.220 e. The molecule has 0 radical (unpaired) electrons. The number of nitrogens with zero attached hydrogens (tertiary/aromatic N) is 4. The Morgan fingerprint density at radius 1 is 1.00 bits per heavy atom. The highest BCUT2D eigenvalue weighted by molar-refractivity contribution is 5.54. The van der Waals surface area contributed by atoms with Crippen LogP contribution in [0.15, 0.2) is 48.7 Å². The summed E-state index contributed by atoms with van der Waals surface area (Å²) in [4.78, 5) is 16.1. The monoisotopic (exact) mass is 362 g/mol. The molecule has 0 amide bonds. The molecule has 0 N–H and O–H groups in total. The first kappa shape index (κ1) is 17.4. The SMILES string of the molecule is COc1ccc(CN2CCc3nc(-c4ccccc4)ncc3C2)c(OC)n1. The van der Waals surface area contributed by atoms with Crippen molar-refractivity contribution < 1.29 is 9.47 Å². The molecule has 1 aromatic carbocycles. The Bertz CT molecular complexity index is 931. The van der Waals surface area contributed by atoms with Gasteiger partial charge in [-0.05, 0) is 6.07 Å². The largest absolute Gasteiger partial charge is 0.481 e. The van der Waals surface area contributed by atoms with Gasteiger partial charge in [0.05, 0.1) is 19.9 Å². The van der Waals surface area contributed by atoms with Crippen LogP contribution in [0.4, 0.5) is 0 Å². The summed E-state index contributed by atoms with van der Waals surface area (Å²) >= 11 is 0. The fourth-order valence-electron chi connectivity index (χ4n) is 3.34. The molecule has 6 heteroatoms. The van der Waals surface area contributed by atoms with E-state index in [4.69, 9.17) is 14.5 Å². The highest BCUT2D eigenvalue weighted by Gasteiger charge is 2.20. The van der Waals surface area contributed by atoms with Crippen molar-refractivity contribution in [3.63, 3.8) is 0 Å². The number of benzene rings is 1. The Kier molecular flexibility index (Phi) is 4.98. The summed E-state index contributed by atoms with van der Waals surface area (Å²) in [7, 11) is 3.24. The Labute approximate surface area is 158 Å². The van der Waals surface area contributed by atoms with Crippen LogP contribution in [0.5, 0.6) is 11.8 Å². The highest BCUT2D eigenvalue weighted by Crippen LogP contribution is 2.25. The molecule has 3 heterocycles. The van der Waals surface area contributed by atoms with Crippen LogP contribution in [0.3, 0.4) is 0 Å². The molecule has 138 valence electrons. The molecule has 4 rings (SSSR count). The van der Waals surface area contributed by atoms with Crippen molar-refractivity contribution in [1.29, 1.82) is 0 Å². The molecule has 0 unspecified atom stereocenters. The lowest BCUT2D eigenvalue weighted by Gasteiger charge is -2.28. The molecule has 27 heavy (non-hydrogen) atoms. The van der Waals surface area contributed by atoms with Crippen LogP contribution in [-0.2, 0) is 19.5 Å². The van der Waals surface area contributed by atoms with E-state index >= 15 is 0 Å². The summed E-state index contributed by atoms with van der Waals surface area (Å²) in [5.41, 5.74) is 4.42. The molecule has 0 spiro atoms. The standard InChI is InChI=1S/C21H22N4O2/c1-26-19-9-8-16(21(24-19)27-2)13-25-11-10-18-17(14-25)12-22-20(23-18)15-6-4-3-5-7-15/h3-9,12H,10-11,13-14H2,1-2H3. The number of hydrogen-bond donors (Lipinski definition) is 0. The summed E-state index contributed by atoms with van der Waals surface area (Å²) in [6, 6.07) is 14.0. The Morgan fingerprint density at radius 3 is 2.63 bits per heavy atom.